The molecule has 104 valence electrons. The summed E-state index contributed by atoms with van der Waals surface area (Å²) >= 11 is 1.68. The van der Waals surface area contributed by atoms with Crippen LogP contribution in [-0.4, -0.2) is 14.5 Å². The van der Waals surface area contributed by atoms with Crippen LogP contribution in [0.1, 0.15) is 12.6 Å². The molecule has 0 spiro atoms. The molecular weight excluding hydrogens is 278 g/mol. The maximum absolute atomic E-state index is 4.85. The molecule has 0 saturated heterocycles. The highest BCUT2D eigenvalue weighted by Gasteiger charge is 2.15. The lowest BCUT2D eigenvalue weighted by molar-refractivity contribution is 0.815. The molecule has 0 saturated carbocycles. The van der Waals surface area contributed by atoms with E-state index in [1.54, 1.807) is 11.3 Å². The fraction of sp³-hybridized carbons (Fsp3) is 0.176. The Labute approximate surface area is 126 Å². The Kier molecular flexibility index (Phi) is 2.79. The molecule has 3 nitrogen and oxygen atoms in total. The summed E-state index contributed by atoms with van der Waals surface area (Å²) < 4.78 is 2.27. The van der Waals surface area contributed by atoms with Crippen molar-refractivity contribution in [1.82, 2.24) is 14.5 Å². The van der Waals surface area contributed by atoms with Gasteiger partial charge in [0.25, 0.3) is 0 Å². The number of benzene rings is 1. The van der Waals surface area contributed by atoms with Crippen molar-refractivity contribution in [2.75, 3.05) is 0 Å². The first-order chi connectivity index (χ1) is 10.3. The van der Waals surface area contributed by atoms with E-state index in [-0.39, 0.29) is 0 Å². The predicted molar refractivity (Wildman–Crippen MR) is 88.8 cm³/mol. The first-order valence-corrected chi connectivity index (χ1v) is 7.97. The van der Waals surface area contributed by atoms with Gasteiger partial charge in [-0.25, -0.2) is 9.97 Å². The number of aromatic nitrogens is 3. The third kappa shape index (κ3) is 1.79. The van der Waals surface area contributed by atoms with Crippen LogP contribution in [0.5, 0.6) is 0 Å². The zero-order valence-corrected chi connectivity index (χ0v) is 12.8. The lowest BCUT2D eigenvalue weighted by Crippen LogP contribution is -1.98. The highest BCUT2D eigenvalue weighted by Crippen LogP contribution is 2.32. The monoisotopic (exact) mass is 293 g/mol. The summed E-state index contributed by atoms with van der Waals surface area (Å²) in [7, 11) is 0. The van der Waals surface area contributed by atoms with Gasteiger partial charge in [-0.05, 0) is 31.4 Å². The number of rotatable bonds is 2. The number of hydrogen-bond donors (Lipinski definition) is 0. The van der Waals surface area contributed by atoms with Crippen molar-refractivity contribution in [2.45, 2.75) is 20.4 Å². The Bertz CT molecular complexity index is 936. The van der Waals surface area contributed by atoms with Crippen LogP contribution >= 0.6 is 11.3 Å². The van der Waals surface area contributed by atoms with Crippen LogP contribution in [0.2, 0.25) is 0 Å². The first kappa shape index (κ1) is 12.5. The SMILES string of the molecule is CCn1c2ccccc2c2c(C)nc(-c3cccs3)nc21. The molecule has 0 aliphatic carbocycles. The summed E-state index contributed by atoms with van der Waals surface area (Å²) in [6.07, 6.45) is 0. The number of nitrogens with zero attached hydrogens (tertiary/aromatic N) is 3. The number of hydrogen-bond acceptors (Lipinski definition) is 3. The minimum atomic E-state index is 0.826. The molecule has 0 atom stereocenters. The van der Waals surface area contributed by atoms with Gasteiger partial charge in [0.15, 0.2) is 5.82 Å². The van der Waals surface area contributed by atoms with Crippen LogP contribution in [0.15, 0.2) is 41.8 Å². The van der Waals surface area contributed by atoms with E-state index in [9.17, 15) is 0 Å². The van der Waals surface area contributed by atoms with Crippen molar-refractivity contribution in [3.05, 3.63) is 47.5 Å². The lowest BCUT2D eigenvalue weighted by atomic mass is 10.2. The molecule has 21 heavy (non-hydrogen) atoms. The molecule has 0 radical (unpaired) electrons. The van der Waals surface area contributed by atoms with E-state index in [1.165, 1.54) is 16.3 Å². The maximum Gasteiger partial charge on any atom is 0.171 e. The molecule has 4 rings (SSSR count). The quantitative estimate of drug-likeness (QED) is 0.539. The smallest absolute Gasteiger partial charge is 0.171 e. The minimum absolute atomic E-state index is 0.826. The normalized spacial score (nSPS) is 11.5. The number of aryl methyl sites for hydroxylation is 2. The lowest BCUT2D eigenvalue weighted by Gasteiger charge is -2.04. The van der Waals surface area contributed by atoms with Crippen molar-refractivity contribution >= 4 is 33.3 Å². The molecule has 0 fully saturated rings. The molecule has 0 aliphatic rings. The van der Waals surface area contributed by atoms with E-state index < -0.39 is 0 Å². The van der Waals surface area contributed by atoms with E-state index in [0.717, 1.165) is 28.6 Å². The molecule has 3 heterocycles. The molecule has 0 bridgehead atoms. The third-order valence-corrected chi connectivity index (χ3v) is 4.71. The van der Waals surface area contributed by atoms with Crippen LogP contribution in [-0.2, 0) is 6.54 Å². The molecule has 3 aromatic heterocycles. The van der Waals surface area contributed by atoms with Gasteiger partial charge in [-0.15, -0.1) is 11.3 Å². The third-order valence-electron chi connectivity index (χ3n) is 3.85. The Morgan fingerprint density at radius 3 is 2.71 bits per heavy atom. The van der Waals surface area contributed by atoms with Crippen LogP contribution < -0.4 is 0 Å². The minimum Gasteiger partial charge on any atom is -0.325 e. The van der Waals surface area contributed by atoms with Gasteiger partial charge in [-0.1, -0.05) is 24.3 Å². The fourth-order valence-electron chi connectivity index (χ4n) is 2.94. The van der Waals surface area contributed by atoms with Crippen molar-refractivity contribution in [3.63, 3.8) is 0 Å². The average molecular weight is 293 g/mol. The van der Waals surface area contributed by atoms with E-state index in [1.807, 2.05) is 6.07 Å². The van der Waals surface area contributed by atoms with Crippen molar-refractivity contribution < 1.29 is 0 Å². The molecule has 0 amide bonds. The summed E-state index contributed by atoms with van der Waals surface area (Å²) in [5.41, 5.74) is 3.32. The Balaban J connectivity index is 2.15. The second-order valence-electron chi connectivity index (χ2n) is 5.07. The molecule has 4 heteroatoms. The zero-order valence-electron chi connectivity index (χ0n) is 12.0. The van der Waals surface area contributed by atoms with Crippen LogP contribution in [0, 0.1) is 6.92 Å². The number of fused-ring (bicyclic) bond motifs is 3. The highest BCUT2D eigenvalue weighted by molar-refractivity contribution is 7.13. The molecule has 4 aromatic rings. The molecule has 1 aromatic carbocycles. The molecule has 0 aliphatic heterocycles. The van der Waals surface area contributed by atoms with Gasteiger partial charge in [-0.3, -0.25) is 0 Å². The van der Waals surface area contributed by atoms with Crippen LogP contribution in [0.4, 0.5) is 0 Å². The average Bonchev–Trinajstić information content (AvgIpc) is 3.13. The van der Waals surface area contributed by atoms with Gasteiger partial charge in [0, 0.05) is 17.3 Å². The van der Waals surface area contributed by atoms with Crippen LogP contribution in [0.25, 0.3) is 32.6 Å². The van der Waals surface area contributed by atoms with E-state index in [0.29, 0.717) is 0 Å². The zero-order chi connectivity index (χ0) is 14.4. The fourth-order valence-corrected chi connectivity index (χ4v) is 3.60. The summed E-state index contributed by atoms with van der Waals surface area (Å²) in [5.74, 6) is 0.826. The predicted octanol–water partition coefficient (Wildman–Crippen LogP) is 4.64. The summed E-state index contributed by atoms with van der Waals surface area (Å²) in [6.45, 7) is 5.14. The Morgan fingerprint density at radius 1 is 1.10 bits per heavy atom. The summed E-state index contributed by atoms with van der Waals surface area (Å²) in [4.78, 5) is 10.7. The summed E-state index contributed by atoms with van der Waals surface area (Å²) in [5, 5.41) is 4.48. The van der Waals surface area contributed by atoms with Crippen molar-refractivity contribution in [2.24, 2.45) is 0 Å². The number of para-hydroxylation sites is 1. The second kappa shape index (κ2) is 4.67. The Morgan fingerprint density at radius 2 is 1.95 bits per heavy atom. The van der Waals surface area contributed by atoms with E-state index >= 15 is 0 Å². The van der Waals surface area contributed by atoms with Gasteiger partial charge in [0.1, 0.15) is 5.65 Å². The van der Waals surface area contributed by atoms with Crippen molar-refractivity contribution in [3.8, 4) is 10.7 Å². The largest absolute Gasteiger partial charge is 0.325 e. The highest BCUT2D eigenvalue weighted by atomic mass is 32.1. The molecule has 0 N–H and O–H groups in total. The van der Waals surface area contributed by atoms with Crippen LogP contribution in [0.3, 0.4) is 0 Å². The van der Waals surface area contributed by atoms with Gasteiger partial charge in [-0.2, -0.15) is 0 Å². The first-order valence-electron chi connectivity index (χ1n) is 7.09. The number of thiophene rings is 1. The van der Waals surface area contributed by atoms with Gasteiger partial charge in [0.2, 0.25) is 0 Å². The van der Waals surface area contributed by atoms with Gasteiger partial charge in [0.05, 0.1) is 16.1 Å². The van der Waals surface area contributed by atoms with E-state index in [4.69, 9.17) is 9.97 Å². The topological polar surface area (TPSA) is 30.7 Å². The van der Waals surface area contributed by atoms with Gasteiger partial charge < -0.3 is 4.57 Å². The standard InChI is InChI=1S/C17H15N3S/c1-3-20-13-8-5-4-7-12(13)15-11(2)18-16(19-17(15)20)14-9-6-10-21-14/h4-10H,3H2,1-2H3. The summed E-state index contributed by atoms with van der Waals surface area (Å²) in [6, 6.07) is 12.6. The van der Waals surface area contributed by atoms with Crippen molar-refractivity contribution in [1.29, 1.82) is 0 Å². The maximum atomic E-state index is 4.85. The van der Waals surface area contributed by atoms with E-state index in [2.05, 4.69) is 54.1 Å². The Hall–Kier alpha value is -2.20. The van der Waals surface area contributed by atoms with Gasteiger partial charge >= 0.3 is 0 Å². The molecule has 0 unspecified atom stereocenters. The molecular formula is C17H15N3S. The second-order valence-corrected chi connectivity index (χ2v) is 6.02.